The molecule has 2 N–H and O–H groups in total. The van der Waals surface area contributed by atoms with E-state index in [0.717, 1.165) is 33.7 Å². The van der Waals surface area contributed by atoms with E-state index in [4.69, 9.17) is 20.7 Å². The Bertz CT molecular complexity index is 2100. The molecular formula is C42H43N7O. The van der Waals surface area contributed by atoms with Gasteiger partial charge in [-0.3, -0.25) is 14.4 Å². The Labute approximate surface area is 293 Å². The first-order chi connectivity index (χ1) is 24.5. The Balaban J connectivity index is 1.01. The first-order valence-corrected chi connectivity index (χ1v) is 18.0. The summed E-state index contributed by atoms with van der Waals surface area (Å²) >= 11 is 0. The summed E-state index contributed by atoms with van der Waals surface area (Å²) in [6.45, 7) is 3.62. The number of rotatable bonds is 6. The molecule has 1 amide bonds. The highest BCUT2D eigenvalue weighted by atomic mass is 16.2. The summed E-state index contributed by atoms with van der Waals surface area (Å²) in [5.41, 5.74) is 13.1. The van der Waals surface area contributed by atoms with Crippen LogP contribution in [-0.4, -0.2) is 49.6 Å². The van der Waals surface area contributed by atoms with Crippen LogP contribution in [0.1, 0.15) is 63.4 Å². The van der Waals surface area contributed by atoms with Crippen molar-refractivity contribution in [1.82, 2.24) is 24.4 Å². The van der Waals surface area contributed by atoms with Crippen LogP contribution in [0.15, 0.2) is 114 Å². The number of likely N-dealkylation sites (tertiary alicyclic amines) is 1. The number of imidazole rings is 1. The number of pyridine rings is 2. The highest BCUT2D eigenvalue weighted by molar-refractivity contribution is 5.96. The number of nitrogens with two attached hydrogens (primary N) is 1. The van der Waals surface area contributed by atoms with Crippen molar-refractivity contribution in [2.24, 2.45) is 16.3 Å². The summed E-state index contributed by atoms with van der Waals surface area (Å²) in [5, 5.41) is 0. The molecule has 1 saturated carbocycles. The van der Waals surface area contributed by atoms with E-state index in [1.54, 1.807) is 6.20 Å². The quantitative estimate of drug-likeness (QED) is 0.197. The van der Waals surface area contributed by atoms with Crippen molar-refractivity contribution in [1.29, 1.82) is 0 Å². The van der Waals surface area contributed by atoms with Crippen molar-refractivity contribution >= 4 is 29.1 Å². The number of hydrogen-bond donors (Lipinski definition) is 1. The largest absolute Gasteiger partial charge is 0.383 e. The maximum Gasteiger partial charge on any atom is 0.272 e. The lowest BCUT2D eigenvalue weighted by Crippen LogP contribution is -2.48. The van der Waals surface area contributed by atoms with Gasteiger partial charge in [-0.1, -0.05) is 93.6 Å². The zero-order chi connectivity index (χ0) is 34.1. The molecule has 252 valence electrons. The smallest absolute Gasteiger partial charge is 0.272 e. The predicted molar refractivity (Wildman–Crippen MR) is 201 cm³/mol. The summed E-state index contributed by atoms with van der Waals surface area (Å²) in [5.74, 6) is 1.94. The van der Waals surface area contributed by atoms with E-state index in [1.165, 1.54) is 50.5 Å². The first kappa shape index (κ1) is 31.9. The summed E-state index contributed by atoms with van der Waals surface area (Å²) in [4.78, 5) is 34.6. The molecule has 0 bridgehead atoms. The van der Waals surface area contributed by atoms with E-state index in [1.807, 2.05) is 59.7 Å². The second-order valence-electron chi connectivity index (χ2n) is 14.2. The molecule has 8 nitrogen and oxygen atoms in total. The number of fused-ring (bicyclic) bond motifs is 1. The summed E-state index contributed by atoms with van der Waals surface area (Å²) < 4.78 is 2.06. The van der Waals surface area contributed by atoms with Crippen molar-refractivity contribution in [3.05, 3.63) is 115 Å². The number of nitrogens with zero attached hydrogens (tertiary/aromatic N) is 6. The zero-order valence-electron chi connectivity index (χ0n) is 28.6. The highest BCUT2D eigenvalue weighted by Gasteiger charge is 2.35. The van der Waals surface area contributed by atoms with E-state index in [2.05, 4.69) is 65.0 Å². The standard InChI is InChI=1S/C42H43N7O/c1-42(32-14-8-3-2-4-9-15-32)24-10-17-37(45-28-42)41(50)48-26-31(27-48)29-18-20-33(21-19-29)49-39(34-16-11-25-44-38(34)43)47-36-23-22-35(46-40(36)49)30-12-6-5-7-13-30/h5-7,10-13,16-25,28,31-32H,2-4,8-9,14-15,26-27H2,1H3,(H2,43,44). The number of nitrogen functional groups attached to an aromatic ring is 1. The van der Waals surface area contributed by atoms with Gasteiger partial charge in [0.25, 0.3) is 5.91 Å². The SMILES string of the molecule is CC1(C2CCCCCCC2)C=CC=C(C(=O)N2CC(c3ccc(-n4c(-c5cccnc5N)nc5ccc(-c6ccccc6)nc54)cc3)C2)N=C1. The Hall–Kier alpha value is -5.37. The summed E-state index contributed by atoms with van der Waals surface area (Å²) in [6, 6.07) is 26.5. The van der Waals surface area contributed by atoms with Crippen molar-refractivity contribution in [2.75, 3.05) is 18.8 Å². The lowest BCUT2D eigenvalue weighted by atomic mass is 9.72. The first-order valence-electron chi connectivity index (χ1n) is 18.0. The van der Waals surface area contributed by atoms with Gasteiger partial charge >= 0.3 is 0 Å². The van der Waals surface area contributed by atoms with Gasteiger partial charge in [0.05, 0.1) is 11.3 Å². The Kier molecular flexibility index (Phi) is 8.61. The molecule has 2 fully saturated rings. The topological polar surface area (TPSA) is 102 Å². The molecule has 5 heterocycles. The molecule has 2 aliphatic heterocycles. The van der Waals surface area contributed by atoms with Gasteiger partial charge in [-0.05, 0) is 66.8 Å². The van der Waals surface area contributed by atoms with Gasteiger partial charge in [-0.15, -0.1) is 0 Å². The van der Waals surface area contributed by atoms with Gasteiger partial charge in [0.15, 0.2) is 11.5 Å². The maximum atomic E-state index is 13.5. The minimum atomic E-state index is -0.114. The molecule has 0 radical (unpaired) electrons. The van der Waals surface area contributed by atoms with Crippen molar-refractivity contribution in [2.45, 2.75) is 57.8 Å². The molecule has 3 aliphatic rings. The third kappa shape index (κ3) is 6.15. The Morgan fingerprint density at radius 2 is 1.62 bits per heavy atom. The van der Waals surface area contributed by atoms with Crippen LogP contribution in [0.3, 0.4) is 0 Å². The van der Waals surface area contributed by atoms with Gasteiger partial charge in [0.1, 0.15) is 17.0 Å². The molecule has 1 aliphatic carbocycles. The van der Waals surface area contributed by atoms with E-state index < -0.39 is 0 Å². The number of hydrogen-bond acceptors (Lipinski definition) is 6. The van der Waals surface area contributed by atoms with E-state index in [0.29, 0.717) is 36.3 Å². The third-order valence-electron chi connectivity index (χ3n) is 10.8. The molecule has 50 heavy (non-hydrogen) atoms. The fourth-order valence-electron chi connectivity index (χ4n) is 7.76. The lowest BCUT2D eigenvalue weighted by Gasteiger charge is -2.39. The van der Waals surface area contributed by atoms with Crippen LogP contribution < -0.4 is 5.73 Å². The summed E-state index contributed by atoms with van der Waals surface area (Å²) in [6.07, 6.45) is 19.0. The number of benzene rings is 2. The summed E-state index contributed by atoms with van der Waals surface area (Å²) in [7, 11) is 0. The van der Waals surface area contributed by atoms with Gasteiger partial charge < -0.3 is 10.6 Å². The van der Waals surface area contributed by atoms with Gasteiger partial charge in [-0.2, -0.15) is 0 Å². The molecule has 8 heteroatoms. The molecule has 1 saturated heterocycles. The molecule has 1 atom stereocenters. The molecule has 1 unspecified atom stereocenters. The van der Waals surface area contributed by atoms with Gasteiger partial charge in [0.2, 0.25) is 0 Å². The van der Waals surface area contributed by atoms with Crippen LogP contribution in [0, 0.1) is 11.3 Å². The molecule has 2 aromatic carbocycles. The van der Waals surface area contributed by atoms with Gasteiger partial charge in [0, 0.05) is 48.1 Å². The van der Waals surface area contributed by atoms with Crippen LogP contribution in [0.5, 0.6) is 0 Å². The normalized spacial score (nSPS) is 20.2. The second kappa shape index (κ2) is 13.5. The third-order valence-corrected chi connectivity index (χ3v) is 10.8. The Morgan fingerprint density at radius 1 is 0.860 bits per heavy atom. The molecule has 5 aromatic rings. The number of amides is 1. The van der Waals surface area contributed by atoms with Gasteiger partial charge in [-0.25, -0.2) is 15.0 Å². The highest BCUT2D eigenvalue weighted by Crippen LogP contribution is 2.39. The average molecular weight is 662 g/mol. The van der Waals surface area contributed by atoms with Crippen molar-refractivity contribution in [3.63, 3.8) is 0 Å². The zero-order valence-corrected chi connectivity index (χ0v) is 28.6. The number of carbonyl (C=O) groups excluding carboxylic acids is 1. The number of anilines is 1. The fraction of sp³-hybridized carbons (Fsp3) is 0.310. The Morgan fingerprint density at radius 3 is 2.38 bits per heavy atom. The molecule has 3 aromatic heterocycles. The monoisotopic (exact) mass is 661 g/mol. The second-order valence-corrected chi connectivity index (χ2v) is 14.2. The molecule has 0 spiro atoms. The van der Waals surface area contributed by atoms with Crippen LogP contribution in [-0.2, 0) is 4.79 Å². The van der Waals surface area contributed by atoms with Crippen LogP contribution >= 0.6 is 0 Å². The number of allylic oxidation sites excluding steroid dienone is 3. The van der Waals surface area contributed by atoms with Crippen LogP contribution in [0.2, 0.25) is 0 Å². The van der Waals surface area contributed by atoms with Crippen LogP contribution in [0.4, 0.5) is 5.82 Å². The van der Waals surface area contributed by atoms with E-state index >= 15 is 0 Å². The lowest BCUT2D eigenvalue weighted by molar-refractivity contribution is -0.131. The average Bonchev–Trinajstić information content (AvgIpc) is 3.36. The number of carbonyl (C=O) groups is 1. The van der Waals surface area contributed by atoms with E-state index in [9.17, 15) is 4.79 Å². The maximum absolute atomic E-state index is 13.5. The number of aliphatic imine (C=N–C) groups is 1. The van der Waals surface area contributed by atoms with Crippen LogP contribution in [0.25, 0.3) is 39.5 Å². The predicted octanol–water partition coefficient (Wildman–Crippen LogP) is 8.55. The fourth-order valence-corrected chi connectivity index (χ4v) is 7.76. The minimum absolute atomic E-state index is 0.00423. The minimum Gasteiger partial charge on any atom is -0.383 e. The molecular weight excluding hydrogens is 619 g/mol. The van der Waals surface area contributed by atoms with Crippen molar-refractivity contribution < 1.29 is 4.79 Å². The van der Waals surface area contributed by atoms with Crippen molar-refractivity contribution in [3.8, 4) is 28.3 Å². The molecule has 8 rings (SSSR count). The number of aromatic nitrogens is 4. The van der Waals surface area contributed by atoms with E-state index in [-0.39, 0.29) is 17.2 Å².